The molecule has 76 valence electrons. The monoisotopic (exact) mass is 256 g/mol. The van der Waals surface area contributed by atoms with E-state index in [4.69, 9.17) is 9.84 Å². The van der Waals surface area contributed by atoms with Crippen molar-refractivity contribution in [3.05, 3.63) is 28.2 Å². The molecule has 3 heteroatoms. The number of aliphatic hydroxyl groups is 1. The molecule has 1 aromatic carbocycles. The average Bonchev–Trinajstić information content (AvgIpc) is 3.00. The van der Waals surface area contributed by atoms with Gasteiger partial charge in [-0.1, -0.05) is 12.1 Å². The summed E-state index contributed by atoms with van der Waals surface area (Å²) in [5.41, 5.74) is 0.873. The molecule has 2 rings (SSSR count). The fourth-order valence-electron chi connectivity index (χ4n) is 1.28. The van der Waals surface area contributed by atoms with Gasteiger partial charge in [-0.15, -0.1) is 0 Å². The Bertz CT molecular complexity index is 321. The maximum absolute atomic E-state index is 9.05. The van der Waals surface area contributed by atoms with Crippen LogP contribution in [0.3, 0.4) is 0 Å². The second kappa shape index (κ2) is 4.32. The Morgan fingerprint density at radius 3 is 2.86 bits per heavy atom. The summed E-state index contributed by atoms with van der Waals surface area (Å²) in [6.07, 6.45) is 2.58. The molecule has 0 amide bonds. The number of aliphatic hydroxyl groups excluding tert-OH is 1. The minimum atomic E-state index is 0.0429. The van der Waals surface area contributed by atoms with E-state index in [2.05, 4.69) is 15.9 Å². The smallest absolute Gasteiger partial charge is 0.133 e. The molecule has 0 bridgehead atoms. The summed E-state index contributed by atoms with van der Waals surface area (Å²) in [4.78, 5) is 0. The van der Waals surface area contributed by atoms with Crippen molar-refractivity contribution in [3.8, 4) is 5.75 Å². The molecular formula is C11H13BrO2. The van der Waals surface area contributed by atoms with Gasteiger partial charge in [-0.25, -0.2) is 0 Å². The Kier molecular flexibility index (Phi) is 3.08. The molecule has 0 aromatic heterocycles. The first kappa shape index (κ1) is 9.99. The normalized spacial score (nSPS) is 15.6. The summed E-state index contributed by atoms with van der Waals surface area (Å²) < 4.78 is 6.52. The van der Waals surface area contributed by atoms with E-state index in [1.54, 1.807) is 0 Å². The summed E-state index contributed by atoms with van der Waals surface area (Å²) >= 11 is 3.43. The van der Waals surface area contributed by atoms with Gasteiger partial charge in [-0.3, -0.25) is 0 Å². The zero-order chi connectivity index (χ0) is 9.97. The number of ether oxygens (including phenoxy) is 1. The molecule has 0 radical (unpaired) electrons. The molecule has 1 aliphatic carbocycles. The molecule has 0 saturated heterocycles. The molecule has 0 atom stereocenters. The highest BCUT2D eigenvalue weighted by Gasteiger charge is 2.22. The lowest BCUT2D eigenvalue weighted by molar-refractivity contribution is 0.275. The number of hydrogen-bond donors (Lipinski definition) is 1. The Labute approximate surface area is 92.0 Å². The Morgan fingerprint density at radius 1 is 1.43 bits per heavy atom. The number of rotatable bonds is 4. The molecule has 1 aliphatic rings. The van der Waals surface area contributed by atoms with Crippen molar-refractivity contribution >= 4 is 15.9 Å². The predicted octanol–water partition coefficient (Wildman–Crippen LogP) is 2.73. The van der Waals surface area contributed by atoms with Gasteiger partial charge in [0.25, 0.3) is 0 Å². The topological polar surface area (TPSA) is 29.5 Å². The maximum Gasteiger partial charge on any atom is 0.133 e. The van der Waals surface area contributed by atoms with Crippen LogP contribution in [0.1, 0.15) is 18.4 Å². The van der Waals surface area contributed by atoms with Gasteiger partial charge in [0.15, 0.2) is 0 Å². The maximum atomic E-state index is 9.05. The van der Waals surface area contributed by atoms with E-state index in [0.717, 1.165) is 28.3 Å². The molecule has 2 nitrogen and oxygen atoms in total. The number of hydrogen-bond acceptors (Lipinski definition) is 2. The first-order chi connectivity index (χ1) is 6.81. The van der Waals surface area contributed by atoms with Gasteiger partial charge in [-0.2, -0.15) is 0 Å². The summed E-state index contributed by atoms with van der Waals surface area (Å²) in [7, 11) is 0. The van der Waals surface area contributed by atoms with Gasteiger partial charge in [0, 0.05) is 0 Å². The van der Waals surface area contributed by atoms with Crippen LogP contribution in [0, 0.1) is 5.92 Å². The second-order valence-electron chi connectivity index (χ2n) is 3.64. The lowest BCUT2D eigenvalue weighted by Gasteiger charge is -2.09. The Hall–Kier alpha value is -0.540. The summed E-state index contributed by atoms with van der Waals surface area (Å²) in [6, 6.07) is 5.71. The van der Waals surface area contributed by atoms with Crippen molar-refractivity contribution in [2.45, 2.75) is 19.4 Å². The van der Waals surface area contributed by atoms with Gasteiger partial charge in [0.2, 0.25) is 0 Å². The van der Waals surface area contributed by atoms with Crippen molar-refractivity contribution < 1.29 is 9.84 Å². The van der Waals surface area contributed by atoms with Crippen LogP contribution < -0.4 is 4.74 Å². The summed E-state index contributed by atoms with van der Waals surface area (Å²) in [5, 5.41) is 9.05. The van der Waals surface area contributed by atoms with E-state index < -0.39 is 0 Å². The fourth-order valence-corrected chi connectivity index (χ4v) is 1.79. The third-order valence-corrected chi connectivity index (χ3v) is 3.29. The minimum Gasteiger partial charge on any atom is -0.492 e. The van der Waals surface area contributed by atoms with Crippen LogP contribution in [-0.4, -0.2) is 11.7 Å². The fraction of sp³-hybridized carbons (Fsp3) is 0.455. The highest BCUT2D eigenvalue weighted by molar-refractivity contribution is 9.10. The van der Waals surface area contributed by atoms with Crippen LogP contribution in [0.5, 0.6) is 5.75 Å². The van der Waals surface area contributed by atoms with Crippen molar-refractivity contribution in [3.63, 3.8) is 0 Å². The van der Waals surface area contributed by atoms with Gasteiger partial charge in [0.1, 0.15) is 5.75 Å². The highest BCUT2D eigenvalue weighted by atomic mass is 79.9. The lowest BCUT2D eigenvalue weighted by atomic mass is 10.2. The third kappa shape index (κ3) is 2.28. The molecule has 1 aromatic rings. The Morgan fingerprint density at radius 2 is 2.21 bits per heavy atom. The van der Waals surface area contributed by atoms with Crippen LogP contribution in [0.2, 0.25) is 0 Å². The highest BCUT2D eigenvalue weighted by Crippen LogP contribution is 2.33. The molecule has 0 heterocycles. The van der Waals surface area contributed by atoms with Crippen molar-refractivity contribution in [1.29, 1.82) is 0 Å². The SMILES string of the molecule is OCc1cccc(OCC2CC2)c1Br. The van der Waals surface area contributed by atoms with Crippen LogP contribution in [0.25, 0.3) is 0 Å². The first-order valence-corrected chi connectivity index (χ1v) is 5.61. The molecule has 1 N–H and O–H groups in total. The first-order valence-electron chi connectivity index (χ1n) is 4.82. The van der Waals surface area contributed by atoms with Crippen molar-refractivity contribution in [1.82, 2.24) is 0 Å². The van der Waals surface area contributed by atoms with E-state index in [9.17, 15) is 0 Å². The van der Waals surface area contributed by atoms with E-state index in [1.807, 2.05) is 18.2 Å². The van der Waals surface area contributed by atoms with Crippen molar-refractivity contribution in [2.24, 2.45) is 5.92 Å². The predicted molar refractivity (Wildman–Crippen MR) is 58.3 cm³/mol. The second-order valence-corrected chi connectivity index (χ2v) is 4.43. The van der Waals surface area contributed by atoms with Gasteiger partial charge in [0.05, 0.1) is 17.7 Å². The molecule has 1 fully saturated rings. The van der Waals surface area contributed by atoms with E-state index in [1.165, 1.54) is 12.8 Å². The molecule has 0 spiro atoms. The van der Waals surface area contributed by atoms with Crippen molar-refractivity contribution in [2.75, 3.05) is 6.61 Å². The van der Waals surface area contributed by atoms with E-state index >= 15 is 0 Å². The van der Waals surface area contributed by atoms with Crippen LogP contribution in [0.15, 0.2) is 22.7 Å². The van der Waals surface area contributed by atoms with Crippen LogP contribution >= 0.6 is 15.9 Å². The largest absolute Gasteiger partial charge is 0.492 e. The van der Waals surface area contributed by atoms with Crippen LogP contribution in [-0.2, 0) is 6.61 Å². The zero-order valence-corrected chi connectivity index (χ0v) is 9.46. The Balaban J connectivity index is 2.06. The standard InChI is InChI=1S/C11H13BrO2/c12-11-9(6-13)2-1-3-10(11)14-7-8-4-5-8/h1-3,8,13H,4-7H2. The van der Waals surface area contributed by atoms with Gasteiger partial charge in [-0.05, 0) is 46.3 Å². The van der Waals surface area contributed by atoms with Crippen LogP contribution in [0.4, 0.5) is 0 Å². The van der Waals surface area contributed by atoms with E-state index in [0.29, 0.717) is 0 Å². The molecular weight excluding hydrogens is 244 g/mol. The third-order valence-electron chi connectivity index (χ3n) is 2.39. The lowest BCUT2D eigenvalue weighted by Crippen LogP contribution is -2.00. The summed E-state index contributed by atoms with van der Waals surface area (Å²) in [6.45, 7) is 0.842. The molecule has 0 unspecified atom stereocenters. The quantitative estimate of drug-likeness (QED) is 0.898. The number of benzene rings is 1. The zero-order valence-electron chi connectivity index (χ0n) is 7.87. The molecule has 14 heavy (non-hydrogen) atoms. The summed E-state index contributed by atoms with van der Waals surface area (Å²) in [5.74, 6) is 1.59. The molecule has 0 aliphatic heterocycles. The number of halogens is 1. The minimum absolute atomic E-state index is 0.0429. The van der Waals surface area contributed by atoms with Gasteiger partial charge >= 0.3 is 0 Å². The average molecular weight is 257 g/mol. The van der Waals surface area contributed by atoms with Gasteiger partial charge < -0.3 is 9.84 Å². The van der Waals surface area contributed by atoms with E-state index in [-0.39, 0.29) is 6.61 Å². The molecule has 1 saturated carbocycles.